The minimum absolute atomic E-state index is 0.131. The van der Waals surface area contributed by atoms with Crippen LogP contribution in [-0.4, -0.2) is 33.1 Å². The van der Waals surface area contributed by atoms with Crippen LogP contribution in [0.4, 0.5) is 0 Å². The van der Waals surface area contributed by atoms with Crippen LogP contribution in [0.3, 0.4) is 0 Å². The molecule has 2 heterocycles. The van der Waals surface area contributed by atoms with E-state index in [0.29, 0.717) is 46.6 Å². The second kappa shape index (κ2) is 11.6. The van der Waals surface area contributed by atoms with Crippen molar-refractivity contribution in [2.24, 2.45) is 0 Å². The number of fused-ring (bicyclic) bond motifs is 2. The molecule has 0 unspecified atom stereocenters. The van der Waals surface area contributed by atoms with E-state index in [4.69, 9.17) is 26.2 Å². The topological polar surface area (TPSA) is 86.5 Å². The van der Waals surface area contributed by atoms with Gasteiger partial charge in [-0.25, -0.2) is 4.98 Å². The number of aliphatic hydroxyl groups excluding tert-OH is 1. The number of hydrogen-bond acceptors (Lipinski definition) is 6. The Morgan fingerprint density at radius 2 is 1.52 bits per heavy atom. The van der Waals surface area contributed by atoms with Crippen molar-refractivity contribution >= 4 is 33.1 Å². The van der Waals surface area contributed by atoms with Gasteiger partial charge >= 0.3 is 0 Å². The Labute approximate surface area is 247 Å². The average molecular weight is 578 g/mol. The molecule has 210 valence electrons. The second-order valence-corrected chi connectivity index (χ2v) is 10.1. The third kappa shape index (κ3) is 5.09. The molecule has 1 N–H and O–H groups in total. The molecule has 0 atom stereocenters. The highest BCUT2D eigenvalue weighted by molar-refractivity contribution is 6.30. The zero-order valence-electron chi connectivity index (χ0n) is 23.2. The van der Waals surface area contributed by atoms with Crippen molar-refractivity contribution in [3.63, 3.8) is 0 Å². The normalized spacial score (nSPS) is 11.2. The van der Waals surface area contributed by atoms with Crippen molar-refractivity contribution in [1.29, 1.82) is 0 Å². The molecule has 4 aromatic carbocycles. The van der Waals surface area contributed by atoms with Crippen LogP contribution >= 0.6 is 11.6 Å². The van der Waals surface area contributed by atoms with Crippen LogP contribution in [0.1, 0.15) is 19.4 Å². The molecule has 6 rings (SSSR count). The predicted molar refractivity (Wildman–Crippen MR) is 167 cm³/mol. The number of benzene rings is 4. The summed E-state index contributed by atoms with van der Waals surface area (Å²) >= 11 is 6.14. The van der Waals surface area contributed by atoms with E-state index in [2.05, 4.69) is 4.98 Å². The second-order valence-electron chi connectivity index (χ2n) is 9.71. The molecule has 0 aliphatic rings. The van der Waals surface area contributed by atoms with Gasteiger partial charge in [-0.15, -0.1) is 0 Å². The Morgan fingerprint density at radius 3 is 2.24 bits per heavy atom. The van der Waals surface area contributed by atoms with Crippen LogP contribution in [0.2, 0.25) is 5.02 Å². The maximum atomic E-state index is 13.7. The van der Waals surface area contributed by atoms with E-state index in [9.17, 15) is 9.90 Å². The van der Waals surface area contributed by atoms with Crippen molar-refractivity contribution in [2.45, 2.75) is 20.5 Å². The minimum atomic E-state index is -0.276. The van der Waals surface area contributed by atoms with Gasteiger partial charge in [0.2, 0.25) is 0 Å². The number of ether oxygens (including phenoxy) is 2. The fourth-order valence-corrected chi connectivity index (χ4v) is 5.29. The van der Waals surface area contributed by atoms with Gasteiger partial charge in [0, 0.05) is 22.2 Å². The van der Waals surface area contributed by atoms with Gasteiger partial charge in [-0.05, 0) is 95.9 Å². The fraction of sp³-hybridized carbons (Fsp3) is 0.147. The molecule has 0 spiro atoms. The molecule has 0 aliphatic carbocycles. The molecule has 0 radical (unpaired) electrons. The standard InChI is InChI=1S/C34H28ClN3O4/c1-3-41-30-17-24-15-21(20-39)16-28(29(24)19-31(30)42-4-2)23-13-14-36-32(18-23)38-34(40)27-8-6-5-7-26(27)33(37-38)22-9-11-25(35)12-10-22/h5-19,39H,3-4,20H2,1-2H3. The van der Waals surface area contributed by atoms with Crippen molar-refractivity contribution < 1.29 is 14.6 Å². The summed E-state index contributed by atoms with van der Waals surface area (Å²) in [5, 5.41) is 18.6. The van der Waals surface area contributed by atoms with Crippen LogP contribution in [0.25, 0.3) is 49.7 Å². The Hall–Kier alpha value is -4.72. The number of nitrogens with zero attached hydrogens (tertiary/aromatic N) is 3. The van der Waals surface area contributed by atoms with Gasteiger partial charge in [-0.2, -0.15) is 9.78 Å². The number of halogens is 1. The molecule has 6 aromatic rings. The first-order valence-electron chi connectivity index (χ1n) is 13.7. The van der Waals surface area contributed by atoms with Gasteiger partial charge in [0.15, 0.2) is 17.3 Å². The lowest BCUT2D eigenvalue weighted by atomic mass is 9.95. The van der Waals surface area contributed by atoms with Crippen molar-refractivity contribution in [3.8, 4) is 39.7 Å². The third-order valence-electron chi connectivity index (χ3n) is 7.06. The highest BCUT2D eigenvalue weighted by Gasteiger charge is 2.17. The molecular weight excluding hydrogens is 550 g/mol. The predicted octanol–water partition coefficient (Wildman–Crippen LogP) is 7.21. The number of hydrogen-bond donors (Lipinski definition) is 1. The lowest BCUT2D eigenvalue weighted by Crippen LogP contribution is -2.23. The molecule has 2 aromatic heterocycles. The molecule has 0 amide bonds. The summed E-state index contributed by atoms with van der Waals surface area (Å²) in [7, 11) is 0. The van der Waals surface area contributed by atoms with Crippen LogP contribution < -0.4 is 15.0 Å². The van der Waals surface area contributed by atoms with Crippen LogP contribution in [-0.2, 0) is 6.61 Å². The van der Waals surface area contributed by atoms with E-state index in [0.717, 1.165) is 38.4 Å². The van der Waals surface area contributed by atoms with Gasteiger partial charge in [-0.1, -0.05) is 41.9 Å². The monoisotopic (exact) mass is 577 g/mol. The van der Waals surface area contributed by atoms with Crippen molar-refractivity contribution in [3.05, 3.63) is 112 Å². The third-order valence-corrected chi connectivity index (χ3v) is 7.31. The first-order valence-corrected chi connectivity index (χ1v) is 14.1. The van der Waals surface area contributed by atoms with Crippen molar-refractivity contribution in [2.75, 3.05) is 13.2 Å². The number of rotatable bonds is 8. The molecular formula is C34H28ClN3O4. The molecule has 0 fully saturated rings. The fourth-order valence-electron chi connectivity index (χ4n) is 5.17. The van der Waals surface area contributed by atoms with Gasteiger partial charge in [0.25, 0.3) is 5.56 Å². The van der Waals surface area contributed by atoms with E-state index in [-0.39, 0.29) is 12.2 Å². The minimum Gasteiger partial charge on any atom is -0.490 e. The number of aromatic nitrogens is 3. The van der Waals surface area contributed by atoms with E-state index in [1.807, 2.05) is 80.6 Å². The van der Waals surface area contributed by atoms with E-state index in [1.165, 1.54) is 4.68 Å². The largest absolute Gasteiger partial charge is 0.490 e. The highest BCUT2D eigenvalue weighted by Crippen LogP contribution is 2.39. The molecule has 0 saturated heterocycles. The van der Waals surface area contributed by atoms with Crippen molar-refractivity contribution in [1.82, 2.24) is 14.8 Å². The van der Waals surface area contributed by atoms with Gasteiger partial charge in [-0.3, -0.25) is 4.79 Å². The Bertz CT molecular complexity index is 1990. The number of pyridine rings is 1. The van der Waals surface area contributed by atoms with Gasteiger partial charge < -0.3 is 14.6 Å². The zero-order chi connectivity index (χ0) is 29.2. The van der Waals surface area contributed by atoms with E-state index < -0.39 is 0 Å². The maximum Gasteiger partial charge on any atom is 0.280 e. The Morgan fingerprint density at radius 1 is 0.810 bits per heavy atom. The number of aliphatic hydroxyl groups is 1. The van der Waals surface area contributed by atoms with Crippen LogP contribution in [0.5, 0.6) is 11.5 Å². The average Bonchev–Trinajstić information content (AvgIpc) is 3.02. The SMILES string of the molecule is CCOc1cc2cc(CO)cc(-c3ccnc(-n4nc(-c5ccc(Cl)cc5)c5ccccc5c4=O)c3)c2cc1OCC. The smallest absolute Gasteiger partial charge is 0.280 e. The molecule has 0 bridgehead atoms. The summed E-state index contributed by atoms with van der Waals surface area (Å²) in [6.45, 7) is 4.71. The molecule has 7 nitrogen and oxygen atoms in total. The zero-order valence-corrected chi connectivity index (χ0v) is 23.9. The lowest BCUT2D eigenvalue weighted by molar-refractivity contribution is 0.282. The van der Waals surface area contributed by atoms with Crippen LogP contribution in [0, 0.1) is 0 Å². The van der Waals surface area contributed by atoms with Gasteiger partial charge in [0.1, 0.15) is 0 Å². The van der Waals surface area contributed by atoms with Gasteiger partial charge in [0.05, 0.1) is 30.9 Å². The molecule has 0 saturated carbocycles. The molecule has 8 heteroatoms. The Kier molecular flexibility index (Phi) is 7.61. The van der Waals surface area contributed by atoms with E-state index >= 15 is 0 Å². The summed E-state index contributed by atoms with van der Waals surface area (Å²) in [5.41, 5.74) is 3.61. The first-order chi connectivity index (χ1) is 20.5. The summed E-state index contributed by atoms with van der Waals surface area (Å²) in [4.78, 5) is 18.3. The van der Waals surface area contributed by atoms with Crippen LogP contribution in [0.15, 0.2) is 95.9 Å². The van der Waals surface area contributed by atoms with E-state index in [1.54, 1.807) is 24.4 Å². The quantitative estimate of drug-likeness (QED) is 0.206. The first kappa shape index (κ1) is 27.4. The summed E-state index contributed by atoms with van der Waals surface area (Å²) in [6.07, 6.45) is 1.66. The maximum absolute atomic E-state index is 13.7. The Balaban J connectivity index is 1.56. The summed E-state index contributed by atoms with van der Waals surface area (Å²) in [5.74, 6) is 1.65. The summed E-state index contributed by atoms with van der Waals surface area (Å²) < 4.78 is 13.1. The molecule has 0 aliphatic heterocycles. The summed E-state index contributed by atoms with van der Waals surface area (Å²) in [6, 6.07) is 26.3. The molecule has 42 heavy (non-hydrogen) atoms. The lowest BCUT2D eigenvalue weighted by Gasteiger charge is -2.16. The highest BCUT2D eigenvalue weighted by atomic mass is 35.5.